The fraction of sp³-hybridized carbons (Fsp3) is 0.333. The summed E-state index contributed by atoms with van der Waals surface area (Å²) in [5.74, 6) is 0.755. The van der Waals surface area contributed by atoms with E-state index >= 15 is 0 Å². The third kappa shape index (κ3) is 2.64. The third-order valence-electron chi connectivity index (χ3n) is 2.03. The molecule has 0 bridgehead atoms. The molecule has 0 saturated heterocycles. The fourth-order valence-corrected chi connectivity index (χ4v) is 1.96. The lowest BCUT2D eigenvalue weighted by atomic mass is 10.5. The van der Waals surface area contributed by atoms with Gasteiger partial charge in [0.25, 0.3) is 0 Å². The number of rotatable bonds is 4. The first-order chi connectivity index (χ1) is 8.20. The quantitative estimate of drug-likeness (QED) is 0.769. The van der Waals surface area contributed by atoms with Gasteiger partial charge < -0.3 is 5.32 Å². The molecule has 7 nitrogen and oxygen atoms in total. The summed E-state index contributed by atoms with van der Waals surface area (Å²) >= 11 is 1.30. The number of anilines is 1. The summed E-state index contributed by atoms with van der Waals surface area (Å²) in [5, 5.41) is 10.7. The van der Waals surface area contributed by atoms with Crippen LogP contribution in [0.5, 0.6) is 0 Å². The van der Waals surface area contributed by atoms with Gasteiger partial charge in [0.15, 0.2) is 5.16 Å². The van der Waals surface area contributed by atoms with E-state index in [1.807, 2.05) is 13.0 Å². The number of aromatic amines is 1. The molecule has 0 aliphatic heterocycles. The molecule has 0 unspecified atom stereocenters. The Morgan fingerprint density at radius 2 is 2.35 bits per heavy atom. The second-order valence-electron chi connectivity index (χ2n) is 3.24. The van der Waals surface area contributed by atoms with Gasteiger partial charge >= 0.3 is 5.69 Å². The molecule has 2 aromatic heterocycles. The molecule has 2 heterocycles. The van der Waals surface area contributed by atoms with E-state index in [2.05, 4.69) is 25.5 Å². The smallest absolute Gasteiger partial charge is 0.343 e. The molecule has 2 aromatic rings. The van der Waals surface area contributed by atoms with Crippen LogP contribution in [-0.4, -0.2) is 31.3 Å². The first kappa shape index (κ1) is 11.6. The van der Waals surface area contributed by atoms with E-state index in [0.717, 1.165) is 17.4 Å². The summed E-state index contributed by atoms with van der Waals surface area (Å²) in [4.78, 5) is 19.4. The molecule has 17 heavy (non-hydrogen) atoms. The van der Waals surface area contributed by atoms with Crippen LogP contribution in [0, 0.1) is 0 Å². The van der Waals surface area contributed by atoms with Gasteiger partial charge in [0.05, 0.1) is 0 Å². The van der Waals surface area contributed by atoms with Crippen molar-refractivity contribution in [2.24, 2.45) is 7.05 Å². The predicted molar refractivity (Wildman–Crippen MR) is 64.1 cm³/mol. The zero-order chi connectivity index (χ0) is 12.3. The molecule has 0 aromatic carbocycles. The second kappa shape index (κ2) is 5.00. The highest BCUT2D eigenvalue weighted by molar-refractivity contribution is 7.99. The van der Waals surface area contributed by atoms with E-state index in [-0.39, 0.29) is 5.69 Å². The van der Waals surface area contributed by atoms with Crippen LogP contribution >= 0.6 is 11.8 Å². The molecule has 0 radical (unpaired) electrons. The number of nitrogens with zero attached hydrogens (tertiary/aromatic N) is 4. The van der Waals surface area contributed by atoms with Gasteiger partial charge in [-0.15, -0.1) is 5.10 Å². The van der Waals surface area contributed by atoms with E-state index < -0.39 is 0 Å². The average Bonchev–Trinajstić information content (AvgIpc) is 2.62. The first-order valence-electron chi connectivity index (χ1n) is 5.06. The molecule has 0 aliphatic carbocycles. The number of H-pyrrole nitrogens is 1. The molecule has 0 spiro atoms. The molecule has 0 atom stereocenters. The van der Waals surface area contributed by atoms with E-state index in [4.69, 9.17) is 0 Å². The number of aromatic nitrogens is 5. The molecule has 0 fully saturated rings. The molecule has 0 amide bonds. The van der Waals surface area contributed by atoms with Crippen LogP contribution in [0.1, 0.15) is 6.92 Å². The van der Waals surface area contributed by atoms with Gasteiger partial charge in [-0.05, 0) is 18.7 Å². The van der Waals surface area contributed by atoms with Crippen LogP contribution in [0.2, 0.25) is 0 Å². The van der Waals surface area contributed by atoms with Crippen LogP contribution in [0.15, 0.2) is 27.4 Å². The van der Waals surface area contributed by atoms with E-state index in [0.29, 0.717) is 5.16 Å². The summed E-state index contributed by atoms with van der Waals surface area (Å²) < 4.78 is 1.43. The van der Waals surface area contributed by atoms with Crippen molar-refractivity contribution in [3.63, 3.8) is 0 Å². The largest absolute Gasteiger partial charge is 0.370 e. The van der Waals surface area contributed by atoms with Crippen LogP contribution in [0.25, 0.3) is 0 Å². The minimum atomic E-state index is -0.242. The summed E-state index contributed by atoms with van der Waals surface area (Å²) in [6.45, 7) is 2.79. The highest BCUT2D eigenvalue weighted by Gasteiger charge is 2.07. The normalized spacial score (nSPS) is 10.5. The van der Waals surface area contributed by atoms with E-state index in [1.165, 1.54) is 22.7 Å². The standard InChI is InChI=1S/C9H12N6OS/c1-3-10-6-4-7(12-5-11-6)17-9-14-13-8(16)15(9)2/h4-5H,3H2,1-2H3,(H,13,16)(H,10,11,12). The van der Waals surface area contributed by atoms with Crippen molar-refractivity contribution in [3.8, 4) is 0 Å². The number of hydrogen-bond donors (Lipinski definition) is 2. The lowest BCUT2D eigenvalue weighted by Gasteiger charge is -2.03. The highest BCUT2D eigenvalue weighted by Crippen LogP contribution is 2.23. The van der Waals surface area contributed by atoms with Gasteiger partial charge in [-0.3, -0.25) is 4.57 Å². The van der Waals surface area contributed by atoms with Crippen molar-refractivity contribution in [2.75, 3.05) is 11.9 Å². The highest BCUT2D eigenvalue weighted by atomic mass is 32.2. The van der Waals surface area contributed by atoms with Gasteiger partial charge in [0, 0.05) is 19.7 Å². The van der Waals surface area contributed by atoms with Crippen LogP contribution in [0.3, 0.4) is 0 Å². The summed E-state index contributed by atoms with van der Waals surface area (Å²) in [7, 11) is 1.65. The van der Waals surface area contributed by atoms with Crippen molar-refractivity contribution in [3.05, 3.63) is 22.9 Å². The van der Waals surface area contributed by atoms with Crippen LogP contribution in [-0.2, 0) is 7.05 Å². The van der Waals surface area contributed by atoms with Gasteiger partial charge in [-0.1, -0.05) is 0 Å². The maximum Gasteiger partial charge on any atom is 0.343 e. The number of hydrogen-bond acceptors (Lipinski definition) is 6. The Morgan fingerprint density at radius 3 is 3.00 bits per heavy atom. The first-order valence-corrected chi connectivity index (χ1v) is 5.87. The Bertz CT molecular complexity index is 563. The zero-order valence-electron chi connectivity index (χ0n) is 9.47. The van der Waals surface area contributed by atoms with Gasteiger partial charge in [-0.25, -0.2) is 19.9 Å². The monoisotopic (exact) mass is 252 g/mol. The third-order valence-corrected chi connectivity index (χ3v) is 3.01. The van der Waals surface area contributed by atoms with Crippen molar-refractivity contribution in [1.29, 1.82) is 0 Å². The molecule has 0 aliphatic rings. The van der Waals surface area contributed by atoms with Gasteiger partial charge in [0.2, 0.25) is 0 Å². The Kier molecular flexibility index (Phi) is 3.43. The van der Waals surface area contributed by atoms with Crippen molar-refractivity contribution in [2.45, 2.75) is 17.1 Å². The maximum atomic E-state index is 11.2. The van der Waals surface area contributed by atoms with Gasteiger partial charge in [0.1, 0.15) is 17.2 Å². The van der Waals surface area contributed by atoms with E-state index in [1.54, 1.807) is 7.05 Å². The topological polar surface area (TPSA) is 88.5 Å². The SMILES string of the molecule is CCNc1cc(Sc2n[nH]c(=O)n2C)ncn1. The number of nitrogens with one attached hydrogen (secondary N) is 2. The zero-order valence-corrected chi connectivity index (χ0v) is 10.3. The average molecular weight is 252 g/mol. The van der Waals surface area contributed by atoms with Crippen LogP contribution < -0.4 is 11.0 Å². The lowest BCUT2D eigenvalue weighted by Crippen LogP contribution is -2.12. The minimum absolute atomic E-state index is 0.242. The molecular weight excluding hydrogens is 240 g/mol. The van der Waals surface area contributed by atoms with Crippen molar-refractivity contribution < 1.29 is 0 Å². The summed E-state index contributed by atoms with van der Waals surface area (Å²) in [5.41, 5.74) is -0.242. The van der Waals surface area contributed by atoms with Crippen molar-refractivity contribution in [1.82, 2.24) is 24.7 Å². The van der Waals surface area contributed by atoms with Crippen LogP contribution in [0.4, 0.5) is 5.82 Å². The molecule has 0 saturated carbocycles. The summed E-state index contributed by atoms with van der Waals surface area (Å²) in [6.07, 6.45) is 1.48. The predicted octanol–water partition coefficient (Wildman–Crippen LogP) is 0.481. The molecule has 2 rings (SSSR count). The summed E-state index contributed by atoms with van der Waals surface area (Å²) in [6, 6.07) is 1.81. The Balaban J connectivity index is 2.21. The van der Waals surface area contributed by atoms with Crippen molar-refractivity contribution >= 4 is 17.6 Å². The lowest BCUT2D eigenvalue weighted by molar-refractivity contribution is 0.764. The fourth-order valence-electron chi connectivity index (χ4n) is 1.19. The molecule has 2 N–H and O–H groups in total. The Hall–Kier alpha value is -1.83. The molecule has 8 heteroatoms. The molecular formula is C9H12N6OS. The Labute approximate surface area is 102 Å². The Morgan fingerprint density at radius 1 is 1.53 bits per heavy atom. The second-order valence-corrected chi connectivity index (χ2v) is 4.23. The molecule has 90 valence electrons. The minimum Gasteiger partial charge on any atom is -0.370 e. The maximum absolute atomic E-state index is 11.2. The van der Waals surface area contributed by atoms with Gasteiger partial charge in [-0.2, -0.15) is 0 Å². The van der Waals surface area contributed by atoms with E-state index in [9.17, 15) is 4.79 Å².